The highest BCUT2D eigenvalue weighted by Crippen LogP contribution is 2.29. The lowest BCUT2D eigenvalue weighted by Gasteiger charge is -2.03. The Morgan fingerprint density at radius 3 is 2.85 bits per heavy atom. The van der Waals surface area contributed by atoms with E-state index in [1.165, 1.54) is 11.0 Å². The summed E-state index contributed by atoms with van der Waals surface area (Å²) in [6.45, 7) is 0.157. The van der Waals surface area contributed by atoms with E-state index in [0.717, 1.165) is 16.7 Å². The molecule has 0 aliphatic heterocycles. The lowest BCUT2D eigenvalue weighted by molar-refractivity contribution is -0.140. The van der Waals surface area contributed by atoms with Gasteiger partial charge in [-0.1, -0.05) is 0 Å². The third-order valence-electron chi connectivity index (χ3n) is 2.20. The minimum absolute atomic E-state index is 0.0430. The van der Waals surface area contributed by atoms with Gasteiger partial charge >= 0.3 is 6.18 Å². The molecule has 0 fully saturated rings. The molecule has 0 unspecified atom stereocenters. The average Bonchev–Trinajstić information content (AvgIpc) is 2.98. The standard InChI is InChI=1S/C9H9F3N6OS/c10-9(11,12)6-4-20-8(15-6)1-2-13-7(19)3-18-5-14-16-17-18/h4-5H,1-3H2,(H,13,19). The maximum Gasteiger partial charge on any atom is 0.434 e. The Kier molecular flexibility index (Phi) is 4.27. The van der Waals surface area contributed by atoms with Gasteiger partial charge in [0.2, 0.25) is 5.91 Å². The van der Waals surface area contributed by atoms with E-state index in [2.05, 4.69) is 25.8 Å². The van der Waals surface area contributed by atoms with E-state index in [9.17, 15) is 18.0 Å². The second-order valence-electron chi connectivity index (χ2n) is 3.73. The zero-order valence-corrected chi connectivity index (χ0v) is 10.8. The molecule has 2 aromatic heterocycles. The summed E-state index contributed by atoms with van der Waals surface area (Å²) in [7, 11) is 0. The first-order valence-corrected chi connectivity index (χ1v) is 6.32. The Labute approximate surface area is 114 Å². The first kappa shape index (κ1) is 14.4. The van der Waals surface area contributed by atoms with Gasteiger partial charge in [0.05, 0.1) is 5.01 Å². The third-order valence-corrected chi connectivity index (χ3v) is 3.11. The number of rotatable bonds is 5. The molecule has 0 aliphatic carbocycles. The lowest BCUT2D eigenvalue weighted by Crippen LogP contribution is -2.29. The molecule has 0 bridgehead atoms. The van der Waals surface area contributed by atoms with Gasteiger partial charge in [-0.2, -0.15) is 13.2 Å². The van der Waals surface area contributed by atoms with Gasteiger partial charge in [-0.25, -0.2) is 9.67 Å². The Hall–Kier alpha value is -2.04. The Balaban J connectivity index is 1.75. The molecular formula is C9H9F3N6OS. The van der Waals surface area contributed by atoms with Gasteiger partial charge in [0.15, 0.2) is 5.69 Å². The Morgan fingerprint density at radius 2 is 2.25 bits per heavy atom. The summed E-state index contributed by atoms with van der Waals surface area (Å²) in [6, 6.07) is 0. The van der Waals surface area contributed by atoms with Gasteiger partial charge in [-0.3, -0.25) is 4.79 Å². The van der Waals surface area contributed by atoms with Crippen LogP contribution in [-0.4, -0.2) is 37.6 Å². The number of nitrogens with zero attached hydrogens (tertiary/aromatic N) is 5. The average molecular weight is 306 g/mol. The number of tetrazole rings is 1. The summed E-state index contributed by atoms with van der Waals surface area (Å²) in [5.41, 5.74) is -0.905. The SMILES string of the molecule is O=C(Cn1cnnn1)NCCc1nc(C(F)(F)F)cs1. The molecule has 2 heterocycles. The van der Waals surface area contributed by atoms with Crippen molar-refractivity contribution in [3.63, 3.8) is 0 Å². The summed E-state index contributed by atoms with van der Waals surface area (Å²) in [5, 5.41) is 14.1. The minimum atomic E-state index is -4.43. The predicted molar refractivity (Wildman–Crippen MR) is 61.6 cm³/mol. The van der Waals surface area contributed by atoms with Crippen molar-refractivity contribution >= 4 is 17.2 Å². The summed E-state index contributed by atoms with van der Waals surface area (Å²) in [4.78, 5) is 14.9. The number of hydrogen-bond acceptors (Lipinski definition) is 6. The number of alkyl halides is 3. The monoisotopic (exact) mass is 306 g/mol. The van der Waals surface area contributed by atoms with Crippen LogP contribution >= 0.6 is 11.3 Å². The third kappa shape index (κ3) is 3.98. The van der Waals surface area contributed by atoms with Crippen molar-refractivity contribution in [3.8, 4) is 0 Å². The van der Waals surface area contributed by atoms with E-state index in [1.807, 2.05) is 0 Å². The van der Waals surface area contributed by atoms with Crippen LogP contribution in [-0.2, 0) is 23.9 Å². The van der Waals surface area contributed by atoms with Crippen molar-refractivity contribution in [2.75, 3.05) is 6.54 Å². The van der Waals surface area contributed by atoms with E-state index in [1.54, 1.807) is 0 Å². The van der Waals surface area contributed by atoms with Crippen LogP contribution in [0, 0.1) is 0 Å². The van der Waals surface area contributed by atoms with Crippen LogP contribution in [0.15, 0.2) is 11.7 Å². The quantitative estimate of drug-likeness (QED) is 0.870. The summed E-state index contributed by atoms with van der Waals surface area (Å²) in [6.07, 6.45) is -2.91. The van der Waals surface area contributed by atoms with Crippen LogP contribution < -0.4 is 5.32 Å². The normalized spacial score (nSPS) is 11.6. The number of aromatic nitrogens is 5. The van der Waals surface area contributed by atoms with Gasteiger partial charge in [-0.05, 0) is 10.4 Å². The van der Waals surface area contributed by atoms with Crippen molar-refractivity contribution < 1.29 is 18.0 Å². The molecule has 0 saturated carbocycles. The Morgan fingerprint density at radius 1 is 1.45 bits per heavy atom. The van der Waals surface area contributed by atoms with Crippen LogP contribution in [0.4, 0.5) is 13.2 Å². The summed E-state index contributed by atoms with van der Waals surface area (Å²) >= 11 is 0.913. The minimum Gasteiger partial charge on any atom is -0.354 e. The molecule has 11 heteroatoms. The molecule has 0 radical (unpaired) electrons. The maximum atomic E-state index is 12.3. The number of amides is 1. The maximum absolute atomic E-state index is 12.3. The van der Waals surface area contributed by atoms with E-state index in [0.29, 0.717) is 5.01 Å². The lowest BCUT2D eigenvalue weighted by atomic mass is 10.4. The van der Waals surface area contributed by atoms with Crippen LogP contribution in [0.3, 0.4) is 0 Å². The second-order valence-corrected chi connectivity index (χ2v) is 4.67. The van der Waals surface area contributed by atoms with Gasteiger partial charge in [0.25, 0.3) is 0 Å². The molecule has 2 rings (SSSR count). The smallest absolute Gasteiger partial charge is 0.354 e. The predicted octanol–water partition coefficient (Wildman–Crippen LogP) is 0.507. The summed E-state index contributed by atoms with van der Waals surface area (Å²) in [5.74, 6) is -0.329. The Bertz CT molecular complexity index is 566. The zero-order chi connectivity index (χ0) is 14.6. The first-order valence-electron chi connectivity index (χ1n) is 5.44. The van der Waals surface area contributed by atoms with Crippen molar-refractivity contribution in [2.24, 2.45) is 0 Å². The number of hydrogen-bond donors (Lipinski definition) is 1. The molecule has 0 aliphatic rings. The molecule has 1 amide bonds. The number of carbonyl (C=O) groups is 1. The molecule has 0 spiro atoms. The van der Waals surface area contributed by atoms with Crippen LogP contribution in [0.2, 0.25) is 0 Å². The molecule has 0 atom stereocenters. The highest BCUT2D eigenvalue weighted by molar-refractivity contribution is 7.09. The highest BCUT2D eigenvalue weighted by Gasteiger charge is 2.33. The fourth-order valence-corrected chi connectivity index (χ4v) is 2.13. The number of halogens is 3. The van der Waals surface area contributed by atoms with Crippen LogP contribution in [0.1, 0.15) is 10.7 Å². The van der Waals surface area contributed by atoms with Crippen molar-refractivity contribution in [3.05, 3.63) is 22.4 Å². The zero-order valence-electron chi connectivity index (χ0n) is 9.96. The molecule has 1 N–H and O–H groups in total. The van der Waals surface area contributed by atoms with Crippen molar-refractivity contribution in [1.82, 2.24) is 30.5 Å². The van der Waals surface area contributed by atoms with E-state index < -0.39 is 11.9 Å². The number of nitrogens with one attached hydrogen (secondary N) is 1. The van der Waals surface area contributed by atoms with Gasteiger partial charge < -0.3 is 5.32 Å². The number of carbonyl (C=O) groups excluding carboxylic acids is 1. The second kappa shape index (κ2) is 5.94. The van der Waals surface area contributed by atoms with Crippen LogP contribution in [0.5, 0.6) is 0 Å². The van der Waals surface area contributed by atoms with Gasteiger partial charge in [0, 0.05) is 18.3 Å². The van der Waals surface area contributed by atoms with Crippen molar-refractivity contribution in [2.45, 2.75) is 19.1 Å². The first-order chi connectivity index (χ1) is 9.45. The fraction of sp³-hybridized carbons (Fsp3) is 0.444. The molecule has 108 valence electrons. The molecule has 0 aromatic carbocycles. The largest absolute Gasteiger partial charge is 0.434 e. The van der Waals surface area contributed by atoms with E-state index >= 15 is 0 Å². The van der Waals surface area contributed by atoms with E-state index in [4.69, 9.17) is 0 Å². The summed E-state index contributed by atoms with van der Waals surface area (Å²) < 4.78 is 38.2. The fourth-order valence-electron chi connectivity index (χ4n) is 1.32. The highest BCUT2D eigenvalue weighted by atomic mass is 32.1. The molecule has 0 saturated heterocycles. The topological polar surface area (TPSA) is 85.6 Å². The van der Waals surface area contributed by atoms with Gasteiger partial charge in [0.1, 0.15) is 12.9 Å². The van der Waals surface area contributed by atoms with E-state index in [-0.39, 0.29) is 25.4 Å². The van der Waals surface area contributed by atoms with Crippen LogP contribution in [0.25, 0.3) is 0 Å². The van der Waals surface area contributed by atoms with Gasteiger partial charge in [-0.15, -0.1) is 16.4 Å². The molecule has 20 heavy (non-hydrogen) atoms. The van der Waals surface area contributed by atoms with Crippen molar-refractivity contribution in [1.29, 1.82) is 0 Å². The molecular weight excluding hydrogens is 297 g/mol. The number of thiazole rings is 1. The molecule has 2 aromatic rings. The molecule has 7 nitrogen and oxygen atoms in total.